The number of nitrogens with zero attached hydrogens (tertiary/aromatic N) is 3. The Morgan fingerprint density at radius 1 is 1.26 bits per heavy atom. The van der Waals surface area contributed by atoms with Gasteiger partial charge in [0.05, 0.1) is 0 Å². The van der Waals surface area contributed by atoms with Gasteiger partial charge in [-0.2, -0.15) is 0 Å². The number of aryl methyl sites for hydroxylation is 2. The molecule has 27 heavy (non-hydrogen) atoms. The molecule has 0 aliphatic rings. The van der Waals surface area contributed by atoms with Crippen LogP contribution >= 0.6 is 0 Å². The molecule has 2 heterocycles. The largest absolute Gasteiger partial charge is 0.451 e. The van der Waals surface area contributed by atoms with E-state index in [2.05, 4.69) is 15.5 Å². The zero-order valence-corrected chi connectivity index (χ0v) is 14.9. The first kappa shape index (κ1) is 17.0. The van der Waals surface area contributed by atoms with Crippen LogP contribution in [0.2, 0.25) is 0 Å². The number of anilines is 1. The maximum absolute atomic E-state index is 13.5. The minimum Gasteiger partial charge on any atom is -0.451 e. The van der Waals surface area contributed by atoms with Crippen molar-refractivity contribution >= 4 is 22.6 Å². The van der Waals surface area contributed by atoms with Crippen LogP contribution in [-0.2, 0) is 6.54 Å². The standard InChI is InChI=1S/C20H17FN4O2/c1-3-25-11-22-24-19(25)13-5-4-6-15(9-13)23-20(26)18-12(2)16-10-14(21)7-8-17(16)27-18/h4-11H,3H2,1-2H3,(H,23,26). The first-order valence-corrected chi connectivity index (χ1v) is 8.55. The summed E-state index contributed by atoms with van der Waals surface area (Å²) in [6.07, 6.45) is 1.66. The Morgan fingerprint density at radius 2 is 2.11 bits per heavy atom. The van der Waals surface area contributed by atoms with Gasteiger partial charge >= 0.3 is 0 Å². The monoisotopic (exact) mass is 364 g/mol. The van der Waals surface area contributed by atoms with Crippen LogP contribution < -0.4 is 5.32 Å². The molecule has 0 bridgehead atoms. The van der Waals surface area contributed by atoms with Gasteiger partial charge in [0.1, 0.15) is 17.7 Å². The third-order valence-corrected chi connectivity index (χ3v) is 4.44. The zero-order valence-electron chi connectivity index (χ0n) is 14.9. The molecule has 136 valence electrons. The van der Waals surface area contributed by atoms with Gasteiger partial charge in [-0.15, -0.1) is 10.2 Å². The summed E-state index contributed by atoms with van der Waals surface area (Å²) in [4.78, 5) is 12.7. The summed E-state index contributed by atoms with van der Waals surface area (Å²) in [6.45, 7) is 4.49. The fourth-order valence-electron chi connectivity index (χ4n) is 3.04. The summed E-state index contributed by atoms with van der Waals surface area (Å²) in [5.41, 5.74) is 2.53. The number of hydrogen-bond donors (Lipinski definition) is 1. The number of furan rings is 1. The number of amides is 1. The predicted molar refractivity (Wildman–Crippen MR) is 100.0 cm³/mol. The van der Waals surface area contributed by atoms with E-state index >= 15 is 0 Å². The summed E-state index contributed by atoms with van der Waals surface area (Å²) < 4.78 is 21.0. The average molecular weight is 364 g/mol. The van der Waals surface area contributed by atoms with E-state index in [9.17, 15) is 9.18 Å². The van der Waals surface area contributed by atoms with Crippen molar-refractivity contribution in [3.05, 3.63) is 65.9 Å². The molecule has 1 N–H and O–H groups in total. The number of nitrogens with one attached hydrogen (secondary N) is 1. The van der Waals surface area contributed by atoms with Crippen LogP contribution in [0, 0.1) is 12.7 Å². The quantitative estimate of drug-likeness (QED) is 0.582. The molecule has 1 amide bonds. The third-order valence-electron chi connectivity index (χ3n) is 4.44. The third kappa shape index (κ3) is 3.08. The molecule has 2 aromatic heterocycles. The Kier molecular flexibility index (Phi) is 4.19. The lowest BCUT2D eigenvalue weighted by Gasteiger charge is -2.07. The molecule has 4 rings (SSSR count). The van der Waals surface area contributed by atoms with Crippen LogP contribution in [0.4, 0.5) is 10.1 Å². The number of aromatic nitrogens is 3. The van der Waals surface area contributed by atoms with Crippen molar-refractivity contribution in [2.24, 2.45) is 0 Å². The van der Waals surface area contributed by atoms with Crippen molar-refractivity contribution in [1.82, 2.24) is 14.8 Å². The van der Waals surface area contributed by atoms with Crippen LogP contribution in [0.1, 0.15) is 23.0 Å². The number of carbonyl (C=O) groups is 1. The highest BCUT2D eigenvalue weighted by Crippen LogP contribution is 2.27. The van der Waals surface area contributed by atoms with Crippen molar-refractivity contribution < 1.29 is 13.6 Å². The van der Waals surface area contributed by atoms with E-state index in [0.29, 0.717) is 22.2 Å². The van der Waals surface area contributed by atoms with Crippen molar-refractivity contribution in [3.8, 4) is 11.4 Å². The first-order chi connectivity index (χ1) is 13.1. The highest BCUT2D eigenvalue weighted by atomic mass is 19.1. The maximum Gasteiger partial charge on any atom is 0.291 e. The Bertz CT molecular complexity index is 1150. The van der Waals surface area contributed by atoms with Crippen molar-refractivity contribution in [3.63, 3.8) is 0 Å². The van der Waals surface area contributed by atoms with Crippen molar-refractivity contribution in [2.45, 2.75) is 20.4 Å². The lowest BCUT2D eigenvalue weighted by molar-refractivity contribution is 0.0998. The van der Waals surface area contributed by atoms with Gasteiger partial charge < -0.3 is 14.3 Å². The van der Waals surface area contributed by atoms with Crippen LogP contribution in [0.25, 0.3) is 22.4 Å². The fraction of sp³-hybridized carbons (Fsp3) is 0.150. The molecule has 0 aliphatic heterocycles. The summed E-state index contributed by atoms with van der Waals surface area (Å²) in [6, 6.07) is 11.5. The molecule has 6 nitrogen and oxygen atoms in total. The number of hydrogen-bond acceptors (Lipinski definition) is 4. The molecular formula is C20H17FN4O2. The van der Waals surface area contributed by atoms with Crippen molar-refractivity contribution in [2.75, 3.05) is 5.32 Å². The van der Waals surface area contributed by atoms with Gasteiger partial charge in [0.15, 0.2) is 11.6 Å². The molecule has 4 aromatic rings. The van der Waals surface area contributed by atoms with Gasteiger partial charge in [0.25, 0.3) is 5.91 Å². The highest BCUT2D eigenvalue weighted by Gasteiger charge is 2.18. The van der Waals surface area contributed by atoms with Crippen LogP contribution in [-0.4, -0.2) is 20.7 Å². The Labute approximate surface area is 154 Å². The molecule has 0 saturated carbocycles. The highest BCUT2D eigenvalue weighted by molar-refractivity contribution is 6.06. The van der Waals surface area contributed by atoms with Crippen molar-refractivity contribution in [1.29, 1.82) is 0 Å². The van der Waals surface area contributed by atoms with E-state index in [0.717, 1.165) is 17.9 Å². The van der Waals surface area contributed by atoms with Crippen LogP contribution in [0.5, 0.6) is 0 Å². The first-order valence-electron chi connectivity index (χ1n) is 8.55. The normalized spacial score (nSPS) is 11.1. The number of fused-ring (bicyclic) bond motifs is 1. The molecule has 0 aliphatic carbocycles. The van der Waals surface area contributed by atoms with E-state index in [4.69, 9.17) is 4.42 Å². The van der Waals surface area contributed by atoms with Gasteiger partial charge in [-0.25, -0.2) is 4.39 Å². The summed E-state index contributed by atoms with van der Waals surface area (Å²) in [7, 11) is 0. The van der Waals surface area contributed by atoms with E-state index in [1.165, 1.54) is 18.2 Å². The van der Waals surface area contributed by atoms with Gasteiger partial charge in [-0.05, 0) is 44.2 Å². The SMILES string of the molecule is CCn1cnnc1-c1cccc(NC(=O)c2oc3ccc(F)cc3c2C)c1. The Hall–Kier alpha value is -3.48. The maximum atomic E-state index is 13.5. The summed E-state index contributed by atoms with van der Waals surface area (Å²) in [5.74, 6) is 0.131. The number of benzene rings is 2. The Morgan fingerprint density at radius 3 is 2.93 bits per heavy atom. The second-order valence-electron chi connectivity index (χ2n) is 6.17. The smallest absolute Gasteiger partial charge is 0.291 e. The van der Waals surface area contributed by atoms with E-state index in [-0.39, 0.29) is 11.6 Å². The van der Waals surface area contributed by atoms with Crippen LogP contribution in [0.15, 0.2) is 53.2 Å². The number of rotatable bonds is 4. The summed E-state index contributed by atoms with van der Waals surface area (Å²) >= 11 is 0. The lowest BCUT2D eigenvalue weighted by Crippen LogP contribution is -2.12. The second-order valence-corrected chi connectivity index (χ2v) is 6.17. The van der Waals surface area contributed by atoms with Gasteiger partial charge in [-0.3, -0.25) is 4.79 Å². The minimum atomic E-state index is -0.391. The molecule has 0 atom stereocenters. The molecule has 2 aromatic carbocycles. The molecule has 0 unspecified atom stereocenters. The Balaban J connectivity index is 1.64. The van der Waals surface area contributed by atoms with Crippen LogP contribution in [0.3, 0.4) is 0 Å². The van der Waals surface area contributed by atoms with E-state index < -0.39 is 5.91 Å². The van der Waals surface area contributed by atoms with E-state index in [1.54, 1.807) is 19.3 Å². The zero-order chi connectivity index (χ0) is 19.0. The summed E-state index contributed by atoms with van der Waals surface area (Å²) in [5, 5.41) is 11.5. The topological polar surface area (TPSA) is 73.0 Å². The number of carbonyl (C=O) groups excluding carboxylic acids is 1. The fourth-order valence-corrected chi connectivity index (χ4v) is 3.04. The molecule has 0 radical (unpaired) electrons. The average Bonchev–Trinajstić information content (AvgIpc) is 3.27. The molecule has 7 heteroatoms. The number of halogens is 1. The molecule has 0 saturated heterocycles. The molecule has 0 spiro atoms. The minimum absolute atomic E-state index is 0.165. The van der Waals surface area contributed by atoms with E-state index in [1.807, 2.05) is 29.7 Å². The predicted octanol–water partition coefficient (Wildman–Crippen LogP) is 4.41. The van der Waals surface area contributed by atoms with Gasteiger partial charge in [0, 0.05) is 28.7 Å². The van der Waals surface area contributed by atoms with Gasteiger partial charge in [-0.1, -0.05) is 12.1 Å². The second kappa shape index (κ2) is 6.68. The van der Waals surface area contributed by atoms with Gasteiger partial charge in [0.2, 0.25) is 0 Å². The molecular weight excluding hydrogens is 347 g/mol. The lowest BCUT2D eigenvalue weighted by atomic mass is 10.1. The molecule has 0 fully saturated rings.